The maximum Gasteiger partial charge on any atom is 0.335 e. The Hall–Kier alpha value is -1.66. The van der Waals surface area contributed by atoms with Gasteiger partial charge < -0.3 is 28.3 Å². The van der Waals surface area contributed by atoms with Crippen LogP contribution in [-0.4, -0.2) is 36.6 Å². The lowest BCUT2D eigenvalue weighted by Crippen LogP contribution is -2.45. The van der Waals surface area contributed by atoms with Gasteiger partial charge in [-0.05, 0) is 83.0 Å². The van der Waals surface area contributed by atoms with E-state index in [4.69, 9.17) is 18.1 Å². The summed E-state index contributed by atoms with van der Waals surface area (Å²) in [6, 6.07) is 3.80. The number of benzene rings is 2. The number of hydrogen-bond acceptors (Lipinski definition) is 8. The van der Waals surface area contributed by atoms with Crippen LogP contribution in [0.5, 0.6) is 11.5 Å². The summed E-state index contributed by atoms with van der Waals surface area (Å²) < 4.78 is 50.9. The highest BCUT2D eigenvalue weighted by Gasteiger charge is 2.49. The van der Waals surface area contributed by atoms with Crippen LogP contribution in [0.2, 0.25) is 0 Å². The molecule has 2 heterocycles. The van der Waals surface area contributed by atoms with E-state index >= 15 is 0 Å². The molecular weight excluding hydrogens is 562 g/mol. The molecule has 2 fully saturated rings. The average molecular weight is 609 g/mol. The average Bonchev–Trinajstić information content (AvgIpc) is 2.87. The fraction of sp³-hybridized carbons (Fsp3) is 0.613. The van der Waals surface area contributed by atoms with E-state index in [9.17, 15) is 19.3 Å². The molecule has 0 atom stereocenters. The molecule has 0 unspecified atom stereocenters. The lowest BCUT2D eigenvalue weighted by Gasteiger charge is -2.43. The number of phenolic OH excluding ortho intramolecular Hbond substituents is 2. The Balaban J connectivity index is 1.46. The van der Waals surface area contributed by atoms with Crippen molar-refractivity contribution in [2.24, 2.45) is 5.41 Å². The van der Waals surface area contributed by atoms with Crippen LogP contribution in [0, 0.1) is 33.1 Å². The highest BCUT2D eigenvalue weighted by molar-refractivity contribution is 7.53. The maximum absolute atomic E-state index is 13.7. The fourth-order valence-electron chi connectivity index (χ4n) is 5.28. The third kappa shape index (κ3) is 6.49. The highest BCUT2D eigenvalue weighted by Crippen LogP contribution is 2.62. The lowest BCUT2D eigenvalue weighted by atomic mass is 9.83. The molecule has 2 aliphatic heterocycles. The molecule has 228 valence electrons. The van der Waals surface area contributed by atoms with Gasteiger partial charge in [-0.3, -0.25) is 9.13 Å². The molecule has 0 amide bonds. The molecule has 2 aromatic rings. The minimum atomic E-state index is -3.47. The van der Waals surface area contributed by atoms with E-state index in [2.05, 4.69) is 0 Å². The Morgan fingerprint density at radius 2 is 0.927 bits per heavy atom. The normalized spacial score (nSPS) is 27.4. The van der Waals surface area contributed by atoms with Crippen LogP contribution >= 0.6 is 15.2 Å². The second-order valence-corrected chi connectivity index (χ2v) is 18.1. The molecule has 41 heavy (non-hydrogen) atoms. The third-order valence-electron chi connectivity index (χ3n) is 8.56. The van der Waals surface area contributed by atoms with E-state index < -0.39 is 20.6 Å². The Labute approximate surface area is 244 Å². The van der Waals surface area contributed by atoms with Gasteiger partial charge in [0.2, 0.25) is 0 Å². The molecule has 0 aliphatic carbocycles. The van der Waals surface area contributed by atoms with Gasteiger partial charge in [-0.2, -0.15) is 0 Å². The zero-order valence-corrected chi connectivity index (χ0v) is 27.9. The summed E-state index contributed by atoms with van der Waals surface area (Å²) in [5.74, 6) is 0.518. The zero-order valence-electron chi connectivity index (χ0n) is 26.1. The molecule has 0 bridgehead atoms. The monoisotopic (exact) mass is 608 g/mol. The molecule has 4 rings (SSSR count). The van der Waals surface area contributed by atoms with Crippen molar-refractivity contribution >= 4 is 15.2 Å². The van der Waals surface area contributed by atoms with Crippen LogP contribution < -0.4 is 0 Å². The molecule has 2 aromatic carbocycles. The summed E-state index contributed by atoms with van der Waals surface area (Å²) in [6.07, 6.45) is 0.184. The van der Waals surface area contributed by atoms with E-state index in [1.54, 1.807) is 0 Å². The summed E-state index contributed by atoms with van der Waals surface area (Å²) in [7, 11) is -6.95. The third-order valence-corrected chi connectivity index (χ3v) is 12.1. The Morgan fingerprint density at radius 1 is 0.634 bits per heavy atom. The van der Waals surface area contributed by atoms with Gasteiger partial charge in [0.05, 0.1) is 44.2 Å². The molecule has 1 spiro atoms. The van der Waals surface area contributed by atoms with Crippen LogP contribution in [0.4, 0.5) is 0 Å². The number of rotatable bonds is 4. The minimum Gasteiger partial charge on any atom is -0.507 e. The molecule has 2 N–H and O–H groups in total. The van der Waals surface area contributed by atoms with Gasteiger partial charge in [-0.25, -0.2) is 0 Å². The molecule has 10 heteroatoms. The van der Waals surface area contributed by atoms with Crippen molar-refractivity contribution in [3.8, 4) is 11.5 Å². The predicted octanol–water partition coefficient (Wildman–Crippen LogP) is 8.09. The molecule has 2 aliphatic rings. The fourth-order valence-corrected chi connectivity index (χ4v) is 9.17. The number of hydrogen-bond donors (Lipinski definition) is 2. The molecule has 0 radical (unpaired) electrons. The van der Waals surface area contributed by atoms with Gasteiger partial charge in [-0.1, -0.05) is 53.7 Å². The summed E-state index contributed by atoms with van der Waals surface area (Å²) in [6.45, 7) is 20.0. The number of phenols is 2. The van der Waals surface area contributed by atoms with E-state index in [1.807, 2.05) is 81.4 Å². The summed E-state index contributed by atoms with van der Waals surface area (Å²) >= 11 is 0. The first-order valence-corrected chi connectivity index (χ1v) is 17.6. The first-order valence-electron chi connectivity index (χ1n) is 14.1. The van der Waals surface area contributed by atoms with Crippen LogP contribution in [0.3, 0.4) is 0 Å². The SMILES string of the molecule is Cc1c(CP2(=O)OCC3(CO2)COP(=O)(Cc2cc(C(C)(C)C)c(O)c(C)c2C)OC3)cc(C(C)(C)C)c(O)c1C. The smallest absolute Gasteiger partial charge is 0.335 e. The molecular formula is C31H46O8P2. The van der Waals surface area contributed by atoms with Crippen LogP contribution in [-0.2, 0) is 50.4 Å². The predicted molar refractivity (Wildman–Crippen MR) is 161 cm³/mol. The maximum atomic E-state index is 13.7. The zero-order chi connectivity index (χ0) is 30.8. The Morgan fingerprint density at radius 3 is 1.20 bits per heavy atom. The van der Waals surface area contributed by atoms with Crippen molar-refractivity contribution in [2.45, 2.75) is 92.4 Å². The van der Waals surface area contributed by atoms with Gasteiger partial charge in [0.25, 0.3) is 0 Å². The largest absolute Gasteiger partial charge is 0.507 e. The van der Waals surface area contributed by atoms with Gasteiger partial charge in [0.15, 0.2) is 0 Å². The Kier molecular flexibility index (Phi) is 8.50. The first-order chi connectivity index (χ1) is 18.7. The van der Waals surface area contributed by atoms with Crippen LogP contribution in [0.15, 0.2) is 12.1 Å². The summed E-state index contributed by atoms with van der Waals surface area (Å²) in [5, 5.41) is 21.4. The standard InChI is InChI=1S/C31H46O8P2/c1-19-21(3)27(32)25(29(5,6)7)11-23(19)13-40(34)36-15-31(16-37-40)17-38-41(35,39-18-31)14-24-12-26(30(8,9)10)28(33)22(4)20(24)2/h11-12,32-33H,13-18H2,1-10H3. The van der Waals surface area contributed by atoms with Crippen molar-refractivity contribution in [1.29, 1.82) is 0 Å². The van der Waals surface area contributed by atoms with Crippen LogP contribution in [0.1, 0.15) is 86.1 Å². The quantitative estimate of drug-likeness (QED) is 0.335. The summed E-state index contributed by atoms with van der Waals surface area (Å²) in [4.78, 5) is 0. The van der Waals surface area contributed by atoms with Crippen molar-refractivity contribution in [2.75, 3.05) is 26.4 Å². The van der Waals surface area contributed by atoms with E-state index in [0.717, 1.165) is 44.5 Å². The second-order valence-electron chi connectivity index (χ2n) is 14.0. The van der Waals surface area contributed by atoms with E-state index in [-0.39, 0.29) is 61.1 Å². The van der Waals surface area contributed by atoms with Crippen molar-refractivity contribution in [1.82, 2.24) is 0 Å². The molecule has 0 saturated carbocycles. The van der Waals surface area contributed by atoms with Gasteiger partial charge in [0, 0.05) is 0 Å². The minimum absolute atomic E-state index is 0.0922. The van der Waals surface area contributed by atoms with Gasteiger partial charge in [0.1, 0.15) is 11.5 Å². The molecule has 0 aromatic heterocycles. The first kappa shape index (κ1) is 32.3. The van der Waals surface area contributed by atoms with E-state index in [1.165, 1.54) is 0 Å². The number of aromatic hydroxyl groups is 2. The van der Waals surface area contributed by atoms with Crippen molar-refractivity contribution < 1.29 is 37.4 Å². The second kappa shape index (κ2) is 10.8. The molecule has 2 saturated heterocycles. The van der Waals surface area contributed by atoms with Gasteiger partial charge in [-0.15, -0.1) is 0 Å². The van der Waals surface area contributed by atoms with Gasteiger partial charge >= 0.3 is 15.2 Å². The Bertz CT molecular complexity index is 1310. The summed E-state index contributed by atoms with van der Waals surface area (Å²) in [5.41, 5.74) is 5.14. The lowest BCUT2D eigenvalue weighted by molar-refractivity contribution is -0.0690. The van der Waals surface area contributed by atoms with Crippen molar-refractivity contribution in [3.05, 3.63) is 56.6 Å². The van der Waals surface area contributed by atoms with Crippen molar-refractivity contribution in [3.63, 3.8) is 0 Å². The highest BCUT2D eigenvalue weighted by atomic mass is 31.2. The molecule has 8 nitrogen and oxygen atoms in total. The van der Waals surface area contributed by atoms with Crippen LogP contribution in [0.25, 0.3) is 0 Å². The van der Waals surface area contributed by atoms with E-state index in [0.29, 0.717) is 0 Å². The topological polar surface area (TPSA) is 112 Å².